The second-order valence-electron chi connectivity index (χ2n) is 5.93. The average Bonchev–Trinajstić information content (AvgIpc) is 2.43. The van der Waals surface area contributed by atoms with Crippen LogP contribution in [-0.2, 0) is 9.84 Å². The van der Waals surface area contributed by atoms with Gasteiger partial charge in [-0.05, 0) is 50.5 Å². The first-order chi connectivity index (χ1) is 9.02. The topological polar surface area (TPSA) is 46.2 Å². The molecule has 19 heavy (non-hydrogen) atoms. The van der Waals surface area contributed by atoms with E-state index in [0.29, 0.717) is 17.7 Å². The van der Waals surface area contributed by atoms with Crippen LogP contribution in [0.1, 0.15) is 59.3 Å². The summed E-state index contributed by atoms with van der Waals surface area (Å²) in [5, 5.41) is 3.63. The molecular weight excluding hydrogens is 258 g/mol. The predicted molar refractivity (Wildman–Crippen MR) is 82.1 cm³/mol. The summed E-state index contributed by atoms with van der Waals surface area (Å²) in [6.07, 6.45) is 6.95. The molecule has 1 N–H and O–H groups in total. The Hall–Kier alpha value is -0.0900. The van der Waals surface area contributed by atoms with Crippen LogP contribution in [-0.4, -0.2) is 32.5 Å². The van der Waals surface area contributed by atoms with Crippen molar-refractivity contribution in [2.75, 3.05) is 18.1 Å². The van der Waals surface area contributed by atoms with Crippen LogP contribution in [0.2, 0.25) is 0 Å². The fourth-order valence-electron chi connectivity index (χ4n) is 3.12. The Labute approximate surface area is 119 Å². The molecule has 1 saturated carbocycles. The SMILES string of the molecule is CCCNC1CCC(CC)CC1CCS(=O)(=O)CC. The molecule has 4 heteroatoms. The number of hydrogen-bond donors (Lipinski definition) is 1. The first-order valence-corrected chi connectivity index (χ1v) is 9.78. The van der Waals surface area contributed by atoms with Crippen LogP contribution in [0.3, 0.4) is 0 Å². The zero-order valence-corrected chi connectivity index (χ0v) is 13.6. The Morgan fingerprint density at radius 1 is 1.16 bits per heavy atom. The number of rotatable bonds is 8. The Kier molecular flexibility index (Phi) is 7.37. The molecule has 0 saturated heterocycles. The highest BCUT2D eigenvalue weighted by atomic mass is 32.2. The third-order valence-electron chi connectivity index (χ3n) is 4.56. The third kappa shape index (κ3) is 5.82. The monoisotopic (exact) mass is 289 g/mol. The molecule has 3 nitrogen and oxygen atoms in total. The fourth-order valence-corrected chi connectivity index (χ4v) is 4.08. The first-order valence-electron chi connectivity index (χ1n) is 7.96. The molecule has 1 fully saturated rings. The van der Waals surface area contributed by atoms with Crippen LogP contribution in [0, 0.1) is 11.8 Å². The largest absolute Gasteiger partial charge is 0.314 e. The number of sulfone groups is 1. The molecule has 0 aromatic heterocycles. The van der Waals surface area contributed by atoms with E-state index in [1.807, 2.05) is 0 Å². The van der Waals surface area contributed by atoms with E-state index >= 15 is 0 Å². The van der Waals surface area contributed by atoms with Gasteiger partial charge >= 0.3 is 0 Å². The van der Waals surface area contributed by atoms with Gasteiger partial charge in [-0.15, -0.1) is 0 Å². The van der Waals surface area contributed by atoms with Crippen LogP contribution in [0.15, 0.2) is 0 Å². The van der Waals surface area contributed by atoms with Gasteiger partial charge in [-0.3, -0.25) is 0 Å². The Balaban J connectivity index is 2.55. The van der Waals surface area contributed by atoms with Gasteiger partial charge in [0.25, 0.3) is 0 Å². The molecule has 0 radical (unpaired) electrons. The first kappa shape index (κ1) is 17.0. The zero-order chi connectivity index (χ0) is 14.3. The normalized spacial score (nSPS) is 28.5. The molecule has 3 atom stereocenters. The van der Waals surface area contributed by atoms with Crippen molar-refractivity contribution >= 4 is 9.84 Å². The summed E-state index contributed by atoms with van der Waals surface area (Å²) in [5.74, 6) is 2.00. The van der Waals surface area contributed by atoms with Crippen LogP contribution in [0.4, 0.5) is 0 Å². The second-order valence-corrected chi connectivity index (χ2v) is 8.41. The lowest BCUT2D eigenvalue weighted by molar-refractivity contribution is 0.195. The fraction of sp³-hybridized carbons (Fsp3) is 1.00. The van der Waals surface area contributed by atoms with E-state index in [-0.39, 0.29) is 5.75 Å². The lowest BCUT2D eigenvalue weighted by Crippen LogP contribution is -2.41. The van der Waals surface area contributed by atoms with Crippen LogP contribution in [0.25, 0.3) is 0 Å². The van der Waals surface area contributed by atoms with Gasteiger partial charge in [0.15, 0.2) is 0 Å². The molecule has 0 aromatic rings. The molecule has 0 aliphatic heterocycles. The summed E-state index contributed by atoms with van der Waals surface area (Å²) in [6, 6.07) is 0.537. The van der Waals surface area contributed by atoms with Crippen molar-refractivity contribution in [1.29, 1.82) is 0 Å². The van der Waals surface area contributed by atoms with Gasteiger partial charge < -0.3 is 5.32 Å². The summed E-state index contributed by atoms with van der Waals surface area (Å²) < 4.78 is 23.4. The third-order valence-corrected chi connectivity index (χ3v) is 6.30. The van der Waals surface area contributed by atoms with E-state index in [2.05, 4.69) is 19.2 Å². The minimum atomic E-state index is -2.81. The summed E-state index contributed by atoms with van der Waals surface area (Å²) in [4.78, 5) is 0. The van der Waals surface area contributed by atoms with Gasteiger partial charge in [-0.2, -0.15) is 0 Å². The van der Waals surface area contributed by atoms with Crippen LogP contribution in [0.5, 0.6) is 0 Å². The van der Waals surface area contributed by atoms with Gasteiger partial charge in [0.1, 0.15) is 9.84 Å². The van der Waals surface area contributed by atoms with Crippen molar-refractivity contribution < 1.29 is 8.42 Å². The maximum Gasteiger partial charge on any atom is 0.150 e. The molecule has 0 amide bonds. The molecule has 0 aromatic carbocycles. The summed E-state index contributed by atoms with van der Waals surface area (Å²) in [7, 11) is -2.81. The van der Waals surface area contributed by atoms with Gasteiger partial charge in [0.05, 0.1) is 5.75 Å². The molecule has 3 unspecified atom stereocenters. The Morgan fingerprint density at radius 3 is 2.47 bits per heavy atom. The van der Waals surface area contributed by atoms with E-state index in [4.69, 9.17) is 0 Å². The molecule has 114 valence electrons. The lowest BCUT2D eigenvalue weighted by Gasteiger charge is -2.36. The summed E-state index contributed by atoms with van der Waals surface area (Å²) >= 11 is 0. The minimum absolute atomic E-state index is 0.282. The van der Waals surface area contributed by atoms with Gasteiger partial charge in [-0.1, -0.05) is 27.2 Å². The molecule has 1 aliphatic carbocycles. The maximum atomic E-state index is 11.7. The van der Waals surface area contributed by atoms with Crippen molar-refractivity contribution in [1.82, 2.24) is 5.32 Å². The molecule has 0 heterocycles. The average molecular weight is 289 g/mol. The standard InChI is InChI=1S/C15H31NO2S/c1-4-10-16-15-8-7-13(5-2)12-14(15)9-11-19(17,18)6-3/h13-16H,4-12H2,1-3H3. The quantitative estimate of drug-likeness (QED) is 0.747. The predicted octanol–water partition coefficient (Wildman–Crippen LogP) is 3.01. The smallest absolute Gasteiger partial charge is 0.150 e. The van der Waals surface area contributed by atoms with Gasteiger partial charge in [-0.25, -0.2) is 8.42 Å². The lowest BCUT2D eigenvalue weighted by atomic mass is 9.76. The van der Waals surface area contributed by atoms with E-state index in [9.17, 15) is 8.42 Å². The molecule has 1 rings (SSSR count). The van der Waals surface area contributed by atoms with Crippen molar-refractivity contribution in [2.45, 2.75) is 65.3 Å². The summed E-state index contributed by atoms with van der Waals surface area (Å²) in [5.41, 5.74) is 0. The van der Waals surface area contributed by atoms with Crippen molar-refractivity contribution in [2.24, 2.45) is 11.8 Å². The Bertz CT molecular complexity index is 340. The zero-order valence-electron chi connectivity index (χ0n) is 12.8. The van der Waals surface area contributed by atoms with Crippen molar-refractivity contribution in [3.63, 3.8) is 0 Å². The highest BCUT2D eigenvalue weighted by molar-refractivity contribution is 7.91. The Morgan fingerprint density at radius 2 is 1.89 bits per heavy atom. The van der Waals surface area contributed by atoms with Gasteiger partial charge in [0, 0.05) is 11.8 Å². The summed E-state index contributed by atoms with van der Waals surface area (Å²) in [6.45, 7) is 7.24. The van der Waals surface area contributed by atoms with E-state index in [0.717, 1.165) is 25.3 Å². The van der Waals surface area contributed by atoms with E-state index < -0.39 is 9.84 Å². The van der Waals surface area contributed by atoms with Crippen LogP contribution < -0.4 is 5.32 Å². The highest BCUT2D eigenvalue weighted by Gasteiger charge is 2.29. The van der Waals surface area contributed by atoms with E-state index in [1.165, 1.54) is 25.7 Å². The molecule has 1 aliphatic rings. The molecule has 0 bridgehead atoms. The number of hydrogen-bond acceptors (Lipinski definition) is 3. The maximum absolute atomic E-state index is 11.7. The molecule has 0 spiro atoms. The second kappa shape index (κ2) is 8.25. The van der Waals surface area contributed by atoms with Crippen LogP contribution >= 0.6 is 0 Å². The minimum Gasteiger partial charge on any atom is -0.314 e. The molecular formula is C15H31NO2S. The van der Waals surface area contributed by atoms with E-state index in [1.54, 1.807) is 6.92 Å². The number of nitrogens with one attached hydrogen (secondary N) is 1. The van der Waals surface area contributed by atoms with Crippen molar-refractivity contribution in [3.8, 4) is 0 Å². The highest BCUT2D eigenvalue weighted by Crippen LogP contribution is 2.33. The van der Waals surface area contributed by atoms with Gasteiger partial charge in [0.2, 0.25) is 0 Å². The van der Waals surface area contributed by atoms with Crippen molar-refractivity contribution in [3.05, 3.63) is 0 Å².